The van der Waals surface area contributed by atoms with Crippen molar-refractivity contribution in [2.75, 3.05) is 40.9 Å². The lowest BCUT2D eigenvalue weighted by molar-refractivity contribution is -0.870. The Morgan fingerprint density at radius 3 is 1.36 bits per heavy atom. The van der Waals surface area contributed by atoms with E-state index >= 15 is 0 Å². The lowest BCUT2D eigenvalue weighted by Gasteiger charge is -2.27. The first kappa shape index (κ1) is 74.9. The molecule has 0 bridgehead atoms. The maximum Gasteiger partial charge on any atom is 0.472 e. The van der Waals surface area contributed by atoms with Crippen molar-refractivity contribution < 1.29 is 37.3 Å². The number of likely N-dealkylation sites (N-methyl/N-ethyl adjacent to an activating group) is 1. The number of nitrogens with zero attached hydrogens (tertiary/aromatic N) is 1. The molecular formula is C68H122N2O7P+. The number of rotatable bonds is 57. The number of amides is 1. The highest BCUT2D eigenvalue weighted by atomic mass is 31.2. The molecule has 0 heterocycles. The molecule has 78 heavy (non-hydrogen) atoms. The fourth-order valence-electron chi connectivity index (χ4n) is 8.86. The van der Waals surface area contributed by atoms with Gasteiger partial charge < -0.3 is 19.4 Å². The average Bonchev–Trinajstić information content (AvgIpc) is 3.40. The van der Waals surface area contributed by atoms with Gasteiger partial charge in [0, 0.05) is 12.8 Å². The number of carbonyl (C=O) groups excluding carboxylic acids is 2. The van der Waals surface area contributed by atoms with Crippen LogP contribution in [0, 0.1) is 0 Å². The van der Waals surface area contributed by atoms with Crippen LogP contribution in [0.25, 0.3) is 0 Å². The van der Waals surface area contributed by atoms with Gasteiger partial charge in [0.25, 0.3) is 0 Å². The Kier molecular flexibility index (Phi) is 54.9. The Labute approximate surface area is 481 Å². The van der Waals surface area contributed by atoms with Gasteiger partial charge >= 0.3 is 13.8 Å². The molecule has 9 nitrogen and oxygen atoms in total. The summed E-state index contributed by atoms with van der Waals surface area (Å²) < 4.78 is 30.7. The zero-order chi connectivity index (χ0) is 57.2. The fraction of sp³-hybridized carbons (Fsp3) is 0.735. The second-order valence-electron chi connectivity index (χ2n) is 22.6. The molecule has 450 valence electrons. The Morgan fingerprint density at radius 1 is 0.474 bits per heavy atom. The van der Waals surface area contributed by atoms with Gasteiger partial charge in [-0.25, -0.2) is 4.57 Å². The molecule has 0 aromatic heterocycles. The Morgan fingerprint density at radius 2 is 0.872 bits per heavy atom. The number of allylic oxidation sites excluding steroid dienone is 15. The van der Waals surface area contributed by atoms with E-state index in [4.69, 9.17) is 13.8 Å². The molecule has 0 aliphatic heterocycles. The van der Waals surface area contributed by atoms with Crippen LogP contribution in [-0.4, -0.2) is 74.3 Å². The van der Waals surface area contributed by atoms with Gasteiger partial charge in [0.15, 0.2) is 0 Å². The van der Waals surface area contributed by atoms with Crippen molar-refractivity contribution in [2.45, 2.75) is 283 Å². The number of nitrogens with one attached hydrogen (secondary N) is 1. The van der Waals surface area contributed by atoms with Crippen molar-refractivity contribution in [3.63, 3.8) is 0 Å². The fourth-order valence-corrected chi connectivity index (χ4v) is 9.60. The monoisotopic (exact) mass is 1110 g/mol. The molecule has 3 unspecified atom stereocenters. The highest BCUT2D eigenvalue weighted by molar-refractivity contribution is 7.47. The molecule has 10 heteroatoms. The van der Waals surface area contributed by atoms with E-state index in [2.05, 4.69) is 111 Å². The van der Waals surface area contributed by atoms with E-state index in [1.165, 1.54) is 135 Å². The molecule has 0 aliphatic carbocycles. The minimum atomic E-state index is -4.46. The Hall–Kier alpha value is -3.07. The molecule has 0 aromatic rings. The molecule has 3 atom stereocenters. The number of unbranched alkanes of at least 4 members (excludes halogenated alkanes) is 29. The van der Waals surface area contributed by atoms with E-state index in [-0.39, 0.29) is 31.5 Å². The lowest BCUT2D eigenvalue weighted by atomic mass is 10.0. The van der Waals surface area contributed by atoms with Gasteiger partial charge in [-0.1, -0.05) is 260 Å². The molecule has 0 saturated heterocycles. The predicted molar refractivity (Wildman–Crippen MR) is 337 cm³/mol. The van der Waals surface area contributed by atoms with Crippen LogP contribution in [0.1, 0.15) is 271 Å². The molecule has 0 aromatic carbocycles. The number of ether oxygens (including phenoxy) is 1. The number of phosphoric ester groups is 1. The van der Waals surface area contributed by atoms with E-state index in [1.807, 2.05) is 33.3 Å². The number of quaternary nitrogens is 1. The van der Waals surface area contributed by atoms with Crippen LogP contribution in [0.2, 0.25) is 0 Å². The molecule has 0 radical (unpaired) electrons. The number of phosphoric acid groups is 1. The van der Waals surface area contributed by atoms with Gasteiger partial charge in [-0.2, -0.15) is 0 Å². The van der Waals surface area contributed by atoms with E-state index in [0.29, 0.717) is 17.4 Å². The van der Waals surface area contributed by atoms with Gasteiger partial charge in [-0.05, 0) is 96.0 Å². The SMILES string of the molecule is CC/C=C/C=C/C=C\CCCCCCCC(=O)NC(COP(=O)(O)OCC[N+](C)(C)C)C(/C=C\CCCCCCCCCCCC)OC(=O)CCCCCCCCCCCCC/C=C\C/C=C\C/C=C\C/C=C\CCCCC. The van der Waals surface area contributed by atoms with Gasteiger partial charge in [0.1, 0.15) is 19.3 Å². The van der Waals surface area contributed by atoms with Gasteiger partial charge in [-0.3, -0.25) is 18.6 Å². The summed E-state index contributed by atoms with van der Waals surface area (Å²) in [5.41, 5.74) is 0. The summed E-state index contributed by atoms with van der Waals surface area (Å²) in [6, 6.07) is -0.865. The Bertz CT molecular complexity index is 1660. The van der Waals surface area contributed by atoms with Gasteiger partial charge in [0.05, 0.1) is 33.8 Å². The van der Waals surface area contributed by atoms with Crippen LogP contribution in [0.4, 0.5) is 0 Å². The topological polar surface area (TPSA) is 111 Å². The summed E-state index contributed by atoms with van der Waals surface area (Å²) in [6.07, 6.45) is 77.0. The van der Waals surface area contributed by atoms with E-state index in [1.54, 1.807) is 0 Å². The third kappa shape index (κ3) is 57.6. The largest absolute Gasteiger partial charge is 0.472 e. The zero-order valence-corrected chi connectivity index (χ0v) is 52.3. The third-order valence-corrected chi connectivity index (χ3v) is 14.8. The normalized spacial score (nSPS) is 14.3. The summed E-state index contributed by atoms with van der Waals surface area (Å²) in [7, 11) is 1.47. The highest BCUT2D eigenvalue weighted by Gasteiger charge is 2.30. The lowest BCUT2D eigenvalue weighted by Crippen LogP contribution is -2.47. The van der Waals surface area contributed by atoms with Crippen LogP contribution in [0.15, 0.2) is 97.2 Å². The molecule has 2 N–H and O–H groups in total. The number of hydrogen-bond acceptors (Lipinski definition) is 6. The zero-order valence-electron chi connectivity index (χ0n) is 51.4. The maximum atomic E-state index is 13.5. The van der Waals surface area contributed by atoms with Crippen LogP contribution in [0.5, 0.6) is 0 Å². The minimum Gasteiger partial charge on any atom is -0.456 e. The number of esters is 1. The van der Waals surface area contributed by atoms with Crippen LogP contribution in [0.3, 0.4) is 0 Å². The van der Waals surface area contributed by atoms with Crippen molar-refractivity contribution in [1.82, 2.24) is 5.32 Å². The van der Waals surface area contributed by atoms with Crippen molar-refractivity contribution in [1.29, 1.82) is 0 Å². The standard InChI is InChI=1S/C68H121N2O7P/c1-7-10-13-16-19-22-25-28-29-30-31-32-33-34-35-36-37-38-39-40-41-43-46-49-52-55-58-61-68(72)77-66(59-56-53-50-47-44-27-24-21-18-15-12-9-3)65(64-76-78(73,74)75-63-62-70(4,5)6)69-67(71)60-57-54-51-48-45-42-26-23-20-17-14-11-8-2/h11,14,17,19-20,22-23,26,28-29,31-32,34-35,56,59,65-66H,7-10,12-13,15-16,18,21,24-25,27,30,33,36-55,57-58,60-64H2,1-6H3,(H-,69,71,73,74)/p+1/b14-11+,20-17+,22-19-,26-23-,29-28-,32-31-,35-34-,59-56-. The van der Waals surface area contributed by atoms with Gasteiger partial charge in [0.2, 0.25) is 5.91 Å². The first-order chi connectivity index (χ1) is 37.9. The van der Waals surface area contributed by atoms with E-state index in [9.17, 15) is 19.0 Å². The molecule has 0 aliphatic rings. The molecule has 0 saturated carbocycles. The molecule has 0 rings (SSSR count). The second kappa shape index (κ2) is 57.2. The molecular weight excluding hydrogens is 988 g/mol. The Balaban J connectivity index is 5.09. The first-order valence-electron chi connectivity index (χ1n) is 32.1. The minimum absolute atomic E-state index is 0.0315. The molecule has 0 fully saturated rings. The van der Waals surface area contributed by atoms with Crippen LogP contribution in [-0.2, 0) is 27.9 Å². The summed E-state index contributed by atoms with van der Waals surface area (Å²) in [5, 5.41) is 3.04. The van der Waals surface area contributed by atoms with Crippen molar-refractivity contribution >= 4 is 19.7 Å². The van der Waals surface area contributed by atoms with Crippen LogP contribution >= 0.6 is 7.82 Å². The maximum absolute atomic E-state index is 13.5. The second-order valence-corrected chi connectivity index (χ2v) is 24.1. The number of carbonyl (C=O) groups is 2. The van der Waals surface area contributed by atoms with Crippen LogP contribution < -0.4 is 5.32 Å². The smallest absolute Gasteiger partial charge is 0.456 e. The van der Waals surface area contributed by atoms with Crippen molar-refractivity contribution in [2.24, 2.45) is 0 Å². The predicted octanol–water partition coefficient (Wildman–Crippen LogP) is 19.9. The molecule has 0 spiro atoms. The van der Waals surface area contributed by atoms with E-state index in [0.717, 1.165) is 103 Å². The average molecular weight is 1110 g/mol. The summed E-state index contributed by atoms with van der Waals surface area (Å²) in [5.74, 6) is -0.534. The van der Waals surface area contributed by atoms with E-state index < -0.39 is 20.0 Å². The van der Waals surface area contributed by atoms with Gasteiger partial charge in [-0.15, -0.1) is 0 Å². The first-order valence-corrected chi connectivity index (χ1v) is 33.6. The highest BCUT2D eigenvalue weighted by Crippen LogP contribution is 2.43. The quantitative estimate of drug-likeness (QED) is 0.0156. The summed E-state index contributed by atoms with van der Waals surface area (Å²) in [4.78, 5) is 37.7. The van der Waals surface area contributed by atoms with Crippen molar-refractivity contribution in [3.8, 4) is 0 Å². The summed E-state index contributed by atoms with van der Waals surface area (Å²) in [6.45, 7) is 6.83. The summed E-state index contributed by atoms with van der Waals surface area (Å²) >= 11 is 0. The van der Waals surface area contributed by atoms with Crippen molar-refractivity contribution in [3.05, 3.63) is 97.2 Å². The number of hydrogen-bond donors (Lipinski definition) is 2. The molecule has 1 amide bonds. The third-order valence-electron chi connectivity index (χ3n) is 13.8.